The third-order valence-electron chi connectivity index (χ3n) is 3.27. The van der Waals surface area contributed by atoms with Crippen molar-refractivity contribution in [3.05, 3.63) is 0 Å². The molecule has 0 heterocycles. The van der Waals surface area contributed by atoms with Gasteiger partial charge in [-0.2, -0.15) is 0 Å². The van der Waals surface area contributed by atoms with Crippen molar-refractivity contribution >= 4 is 5.97 Å². The van der Waals surface area contributed by atoms with Gasteiger partial charge in [0.2, 0.25) is 0 Å². The Morgan fingerprint density at radius 2 is 2.00 bits per heavy atom. The van der Waals surface area contributed by atoms with Gasteiger partial charge in [0.15, 0.2) is 0 Å². The van der Waals surface area contributed by atoms with Crippen LogP contribution in [-0.4, -0.2) is 17.1 Å². The summed E-state index contributed by atoms with van der Waals surface area (Å²) in [6, 6.07) is -0.0637. The highest BCUT2D eigenvalue weighted by atomic mass is 16.4. The normalized spacial score (nSPS) is 48.1. The summed E-state index contributed by atoms with van der Waals surface area (Å²) in [7, 11) is 0. The number of hydrogen-bond donors (Lipinski definition) is 2. The summed E-state index contributed by atoms with van der Waals surface area (Å²) in [5.41, 5.74) is 5.78. The Kier molecular flexibility index (Phi) is 1.42. The Morgan fingerprint density at radius 3 is 2.36 bits per heavy atom. The van der Waals surface area contributed by atoms with Crippen molar-refractivity contribution in [3.63, 3.8) is 0 Å². The fourth-order valence-corrected chi connectivity index (χ4v) is 2.70. The van der Waals surface area contributed by atoms with Crippen LogP contribution in [0.3, 0.4) is 0 Å². The molecule has 3 N–H and O–H groups in total. The highest BCUT2D eigenvalue weighted by Gasteiger charge is 2.49. The summed E-state index contributed by atoms with van der Waals surface area (Å²) in [6.07, 6.45) is 3.28. The van der Waals surface area contributed by atoms with Gasteiger partial charge in [0.25, 0.3) is 0 Å². The number of carboxylic acid groups (broad SMARTS) is 1. The molecule has 4 unspecified atom stereocenters. The number of rotatable bonds is 1. The van der Waals surface area contributed by atoms with E-state index in [1.54, 1.807) is 0 Å². The molecule has 11 heavy (non-hydrogen) atoms. The van der Waals surface area contributed by atoms with E-state index >= 15 is 0 Å². The van der Waals surface area contributed by atoms with Crippen molar-refractivity contribution in [2.24, 2.45) is 23.5 Å². The summed E-state index contributed by atoms with van der Waals surface area (Å²) in [5.74, 6) is -0.0490. The molecule has 2 saturated carbocycles. The minimum atomic E-state index is -0.690. The van der Waals surface area contributed by atoms with Gasteiger partial charge in [0.05, 0.1) is 5.92 Å². The number of hydrogen-bond acceptors (Lipinski definition) is 2. The zero-order valence-corrected chi connectivity index (χ0v) is 6.36. The lowest BCUT2D eigenvalue weighted by Gasteiger charge is -2.23. The van der Waals surface area contributed by atoms with Crippen molar-refractivity contribution in [2.45, 2.75) is 25.3 Å². The first-order chi connectivity index (χ1) is 5.20. The zero-order chi connectivity index (χ0) is 8.01. The molecule has 0 radical (unpaired) electrons. The van der Waals surface area contributed by atoms with Crippen molar-refractivity contribution in [3.8, 4) is 0 Å². The molecule has 0 amide bonds. The molecule has 0 saturated heterocycles. The highest BCUT2D eigenvalue weighted by Crippen LogP contribution is 2.47. The second kappa shape index (κ2) is 2.21. The van der Waals surface area contributed by atoms with Gasteiger partial charge in [0, 0.05) is 6.04 Å². The molecule has 62 valence electrons. The zero-order valence-electron chi connectivity index (χ0n) is 6.36. The molecule has 4 atom stereocenters. The molecule has 0 spiro atoms. The van der Waals surface area contributed by atoms with Crippen LogP contribution in [-0.2, 0) is 4.79 Å². The van der Waals surface area contributed by atoms with Crippen LogP contribution in [0.4, 0.5) is 0 Å². The molecule has 3 heteroatoms. The number of carboxylic acids is 1. The second-order valence-electron chi connectivity index (χ2n) is 3.77. The smallest absolute Gasteiger partial charge is 0.308 e. The van der Waals surface area contributed by atoms with E-state index in [9.17, 15) is 4.79 Å². The van der Waals surface area contributed by atoms with Crippen LogP contribution in [0.15, 0.2) is 0 Å². The second-order valence-corrected chi connectivity index (χ2v) is 3.77. The van der Waals surface area contributed by atoms with E-state index in [1.807, 2.05) is 0 Å². The standard InChI is InChI=1S/C8H13NO2/c9-7-5-2-1-4(3-5)6(7)8(10)11/h4-7H,1-3,9H2,(H,10,11). The molecule has 2 aliphatic carbocycles. The lowest BCUT2D eigenvalue weighted by Crippen LogP contribution is -2.40. The van der Waals surface area contributed by atoms with E-state index in [0.717, 1.165) is 19.3 Å². The molecular formula is C8H13NO2. The Labute approximate surface area is 65.6 Å². The van der Waals surface area contributed by atoms with Gasteiger partial charge in [-0.05, 0) is 31.1 Å². The maximum atomic E-state index is 10.7. The number of fused-ring (bicyclic) bond motifs is 2. The number of carbonyl (C=O) groups is 1. The fraction of sp³-hybridized carbons (Fsp3) is 0.875. The summed E-state index contributed by atoms with van der Waals surface area (Å²) in [5, 5.41) is 8.83. The lowest BCUT2D eigenvalue weighted by molar-refractivity contribution is -0.144. The van der Waals surface area contributed by atoms with E-state index in [1.165, 1.54) is 0 Å². The lowest BCUT2D eigenvalue weighted by atomic mass is 9.85. The first kappa shape index (κ1) is 7.10. The van der Waals surface area contributed by atoms with Crippen LogP contribution < -0.4 is 5.73 Å². The quantitative estimate of drug-likeness (QED) is 0.577. The van der Waals surface area contributed by atoms with Crippen LogP contribution in [0, 0.1) is 17.8 Å². The maximum Gasteiger partial charge on any atom is 0.308 e. The average Bonchev–Trinajstić information content (AvgIpc) is 2.44. The molecule has 2 aliphatic rings. The van der Waals surface area contributed by atoms with E-state index in [-0.39, 0.29) is 12.0 Å². The van der Waals surface area contributed by atoms with Crippen molar-refractivity contribution in [1.82, 2.24) is 0 Å². The first-order valence-corrected chi connectivity index (χ1v) is 4.18. The summed E-state index contributed by atoms with van der Waals surface area (Å²) in [4.78, 5) is 10.7. The van der Waals surface area contributed by atoms with E-state index in [0.29, 0.717) is 11.8 Å². The van der Waals surface area contributed by atoms with Gasteiger partial charge in [-0.1, -0.05) is 0 Å². The summed E-state index contributed by atoms with van der Waals surface area (Å²) < 4.78 is 0. The molecular weight excluding hydrogens is 142 g/mol. The molecule has 0 aromatic carbocycles. The van der Waals surface area contributed by atoms with Gasteiger partial charge in [-0.15, -0.1) is 0 Å². The molecule has 0 aromatic rings. The predicted octanol–water partition coefficient (Wildman–Crippen LogP) is 0.444. The third-order valence-corrected chi connectivity index (χ3v) is 3.27. The Balaban J connectivity index is 2.17. The van der Waals surface area contributed by atoms with Crippen LogP contribution in [0.5, 0.6) is 0 Å². The van der Waals surface area contributed by atoms with Crippen molar-refractivity contribution in [2.75, 3.05) is 0 Å². The Morgan fingerprint density at radius 1 is 1.36 bits per heavy atom. The van der Waals surface area contributed by atoms with Gasteiger partial charge in [0.1, 0.15) is 0 Å². The molecule has 2 bridgehead atoms. The number of aliphatic carboxylic acids is 1. The maximum absolute atomic E-state index is 10.7. The van der Waals surface area contributed by atoms with Gasteiger partial charge in [-0.25, -0.2) is 0 Å². The number of nitrogens with two attached hydrogens (primary N) is 1. The van der Waals surface area contributed by atoms with Gasteiger partial charge in [-0.3, -0.25) is 4.79 Å². The van der Waals surface area contributed by atoms with Crippen LogP contribution in [0.25, 0.3) is 0 Å². The van der Waals surface area contributed by atoms with E-state index in [4.69, 9.17) is 10.8 Å². The fourth-order valence-electron chi connectivity index (χ4n) is 2.70. The van der Waals surface area contributed by atoms with E-state index in [2.05, 4.69) is 0 Å². The monoisotopic (exact) mass is 155 g/mol. The minimum Gasteiger partial charge on any atom is -0.481 e. The SMILES string of the molecule is NC1C2CCC(C2)C1C(=O)O. The first-order valence-electron chi connectivity index (χ1n) is 4.18. The average molecular weight is 155 g/mol. The van der Waals surface area contributed by atoms with Crippen LogP contribution >= 0.6 is 0 Å². The largest absolute Gasteiger partial charge is 0.481 e. The summed E-state index contributed by atoms with van der Waals surface area (Å²) >= 11 is 0. The van der Waals surface area contributed by atoms with Crippen molar-refractivity contribution in [1.29, 1.82) is 0 Å². The molecule has 3 nitrogen and oxygen atoms in total. The predicted molar refractivity (Wildman–Crippen MR) is 39.9 cm³/mol. The molecule has 0 aliphatic heterocycles. The highest BCUT2D eigenvalue weighted by molar-refractivity contribution is 5.72. The van der Waals surface area contributed by atoms with Crippen molar-refractivity contribution < 1.29 is 9.90 Å². The van der Waals surface area contributed by atoms with E-state index < -0.39 is 5.97 Å². The van der Waals surface area contributed by atoms with Gasteiger partial charge < -0.3 is 10.8 Å². The third kappa shape index (κ3) is 0.872. The van der Waals surface area contributed by atoms with Gasteiger partial charge >= 0.3 is 5.97 Å². The Hall–Kier alpha value is -0.570. The molecule has 2 fully saturated rings. The van der Waals surface area contributed by atoms with Crippen LogP contribution in [0.1, 0.15) is 19.3 Å². The minimum absolute atomic E-state index is 0.0637. The molecule has 2 rings (SSSR count). The Bertz CT molecular complexity index is 191. The summed E-state index contributed by atoms with van der Waals surface area (Å²) in [6.45, 7) is 0. The molecule has 0 aromatic heterocycles. The topological polar surface area (TPSA) is 63.3 Å². The van der Waals surface area contributed by atoms with Crippen LogP contribution in [0.2, 0.25) is 0 Å².